The van der Waals surface area contributed by atoms with Crippen LogP contribution in [0.25, 0.3) is 0 Å². The van der Waals surface area contributed by atoms with Gasteiger partial charge < -0.3 is 9.90 Å². The van der Waals surface area contributed by atoms with Gasteiger partial charge in [0.2, 0.25) is 0 Å². The Labute approximate surface area is 81.7 Å². The van der Waals surface area contributed by atoms with Crippen molar-refractivity contribution in [1.29, 1.82) is 0 Å². The molecule has 0 unspecified atom stereocenters. The lowest BCUT2D eigenvalue weighted by atomic mass is 10.1. The summed E-state index contributed by atoms with van der Waals surface area (Å²) >= 11 is 0. The van der Waals surface area contributed by atoms with Crippen LogP contribution in [-0.4, -0.2) is 17.5 Å². The number of aliphatic hydroxyl groups excluding tert-OH is 1. The smallest absolute Gasteiger partial charge is 0.122 e. The van der Waals surface area contributed by atoms with Crippen LogP contribution < -0.4 is 0 Å². The van der Waals surface area contributed by atoms with Gasteiger partial charge in [0.05, 0.1) is 6.10 Å². The number of hydrogen-bond donors (Lipinski definition) is 1. The van der Waals surface area contributed by atoms with Crippen molar-refractivity contribution in [3.05, 3.63) is 12.7 Å². The van der Waals surface area contributed by atoms with Crippen LogP contribution in [0.2, 0.25) is 0 Å². The van der Waals surface area contributed by atoms with E-state index in [1.165, 1.54) is 0 Å². The molecule has 0 aliphatic carbocycles. The van der Waals surface area contributed by atoms with Gasteiger partial charge in [-0.25, -0.2) is 0 Å². The molecule has 0 fully saturated rings. The van der Waals surface area contributed by atoms with Gasteiger partial charge in [-0.1, -0.05) is 33.8 Å². The Morgan fingerprint density at radius 2 is 1.69 bits per heavy atom. The summed E-state index contributed by atoms with van der Waals surface area (Å²) in [5, 5.41) is 9.06. The number of aldehydes is 1. The molecule has 78 valence electrons. The Morgan fingerprint density at radius 3 is 1.77 bits per heavy atom. The van der Waals surface area contributed by atoms with Crippen LogP contribution in [0.4, 0.5) is 0 Å². The van der Waals surface area contributed by atoms with Crippen LogP contribution >= 0.6 is 0 Å². The van der Waals surface area contributed by atoms with Crippen molar-refractivity contribution in [2.45, 2.75) is 40.2 Å². The number of rotatable bonds is 4. The van der Waals surface area contributed by atoms with Crippen LogP contribution in [0, 0.1) is 11.8 Å². The lowest BCUT2D eigenvalue weighted by molar-refractivity contribution is -0.110. The molecule has 0 amide bonds. The van der Waals surface area contributed by atoms with Gasteiger partial charge in [0.15, 0.2) is 0 Å². The molecule has 1 N–H and O–H groups in total. The second-order valence-electron chi connectivity index (χ2n) is 3.72. The third kappa shape index (κ3) is 14.2. The predicted octanol–water partition coefficient (Wildman–Crippen LogP) is 2.42. The number of hydrogen-bond acceptors (Lipinski definition) is 2. The molecular weight excluding hydrogens is 164 g/mol. The summed E-state index contributed by atoms with van der Waals surface area (Å²) in [6.45, 7) is 11.2. The van der Waals surface area contributed by atoms with E-state index in [4.69, 9.17) is 5.11 Å². The van der Waals surface area contributed by atoms with Gasteiger partial charge in [0, 0.05) is 5.92 Å². The molecule has 0 aromatic rings. The van der Waals surface area contributed by atoms with Crippen molar-refractivity contribution in [2.24, 2.45) is 11.8 Å². The molecule has 1 atom stereocenters. The van der Waals surface area contributed by atoms with Crippen molar-refractivity contribution in [3.8, 4) is 0 Å². The molecule has 0 aromatic carbocycles. The van der Waals surface area contributed by atoms with Crippen LogP contribution in [0.5, 0.6) is 0 Å². The first kappa shape index (κ1) is 14.9. The Hall–Kier alpha value is -0.630. The van der Waals surface area contributed by atoms with E-state index in [2.05, 4.69) is 6.58 Å². The van der Waals surface area contributed by atoms with E-state index in [0.29, 0.717) is 12.3 Å². The topological polar surface area (TPSA) is 37.3 Å². The molecule has 0 spiro atoms. The first-order valence-electron chi connectivity index (χ1n) is 4.69. The summed E-state index contributed by atoms with van der Waals surface area (Å²) in [4.78, 5) is 9.50. The lowest BCUT2D eigenvalue weighted by Gasteiger charge is -2.10. The second-order valence-corrected chi connectivity index (χ2v) is 3.72. The lowest BCUT2D eigenvalue weighted by Crippen LogP contribution is -2.12. The molecule has 13 heavy (non-hydrogen) atoms. The van der Waals surface area contributed by atoms with Gasteiger partial charge in [0.1, 0.15) is 6.29 Å². The summed E-state index contributed by atoms with van der Waals surface area (Å²) in [6.07, 6.45) is 3.16. The molecule has 2 nitrogen and oxygen atoms in total. The fourth-order valence-corrected chi connectivity index (χ4v) is 0.443. The zero-order valence-corrected chi connectivity index (χ0v) is 9.16. The van der Waals surface area contributed by atoms with Crippen LogP contribution in [0.15, 0.2) is 12.7 Å². The van der Waals surface area contributed by atoms with Gasteiger partial charge in [0.25, 0.3) is 0 Å². The molecule has 0 aliphatic rings. The maximum atomic E-state index is 9.50. The maximum Gasteiger partial charge on any atom is 0.122 e. The average molecular weight is 186 g/mol. The highest BCUT2D eigenvalue weighted by Gasteiger charge is 2.04. The molecule has 0 bridgehead atoms. The number of carbonyl (C=O) groups excluding carboxylic acids is 1. The fraction of sp³-hybridized carbons (Fsp3) is 0.727. The zero-order valence-electron chi connectivity index (χ0n) is 9.16. The van der Waals surface area contributed by atoms with Crippen molar-refractivity contribution in [3.63, 3.8) is 0 Å². The Morgan fingerprint density at radius 1 is 1.31 bits per heavy atom. The molecule has 0 saturated carbocycles. The summed E-state index contributed by atoms with van der Waals surface area (Å²) in [7, 11) is 0. The largest absolute Gasteiger partial charge is 0.393 e. The third-order valence-corrected chi connectivity index (χ3v) is 1.45. The minimum absolute atomic E-state index is 0.201. The second kappa shape index (κ2) is 9.46. The quantitative estimate of drug-likeness (QED) is 0.541. The van der Waals surface area contributed by atoms with Crippen molar-refractivity contribution >= 4 is 6.29 Å². The summed E-state index contributed by atoms with van der Waals surface area (Å²) < 4.78 is 0. The normalized spacial score (nSPS) is 11.9. The third-order valence-electron chi connectivity index (χ3n) is 1.45. The van der Waals surface area contributed by atoms with E-state index >= 15 is 0 Å². The first-order chi connectivity index (χ1) is 5.95. The average Bonchev–Trinajstić information content (AvgIpc) is 2.06. The van der Waals surface area contributed by atoms with Gasteiger partial charge in [-0.15, -0.1) is 6.58 Å². The molecule has 0 rings (SSSR count). The monoisotopic (exact) mass is 186 g/mol. The number of carbonyl (C=O) groups is 1. The van der Waals surface area contributed by atoms with E-state index in [9.17, 15) is 4.79 Å². The molecule has 0 saturated heterocycles. The maximum absolute atomic E-state index is 9.50. The molecular formula is C11H22O2. The summed E-state index contributed by atoms with van der Waals surface area (Å²) in [5.41, 5.74) is 0. The SMILES string of the molecule is C=CC[C@@H](O)C(C)C.CC(C)C=O. The van der Waals surface area contributed by atoms with Crippen LogP contribution in [-0.2, 0) is 4.79 Å². The first-order valence-corrected chi connectivity index (χ1v) is 4.69. The van der Waals surface area contributed by atoms with Gasteiger partial charge >= 0.3 is 0 Å². The summed E-state index contributed by atoms with van der Waals surface area (Å²) in [6, 6.07) is 0. The van der Waals surface area contributed by atoms with Gasteiger partial charge in [-0.3, -0.25) is 0 Å². The number of aliphatic hydroxyl groups is 1. The highest BCUT2D eigenvalue weighted by molar-refractivity contribution is 5.51. The Kier molecular flexibility index (Phi) is 10.8. The van der Waals surface area contributed by atoms with Crippen molar-refractivity contribution < 1.29 is 9.90 Å². The van der Waals surface area contributed by atoms with Crippen molar-refractivity contribution in [2.75, 3.05) is 0 Å². The van der Waals surface area contributed by atoms with E-state index in [-0.39, 0.29) is 12.0 Å². The predicted molar refractivity (Wildman–Crippen MR) is 56.6 cm³/mol. The van der Waals surface area contributed by atoms with Crippen molar-refractivity contribution in [1.82, 2.24) is 0 Å². The van der Waals surface area contributed by atoms with Gasteiger partial charge in [-0.05, 0) is 12.3 Å². The zero-order chi connectivity index (χ0) is 10.9. The summed E-state index contributed by atoms with van der Waals surface area (Å²) in [5.74, 6) is 0.558. The highest BCUT2D eigenvalue weighted by atomic mass is 16.3. The molecule has 2 heteroatoms. The van der Waals surface area contributed by atoms with E-state index in [0.717, 1.165) is 6.29 Å². The van der Waals surface area contributed by atoms with E-state index < -0.39 is 0 Å². The standard InChI is InChI=1S/C7H14O.C4H8O/c1-4-5-7(8)6(2)3;1-4(2)3-5/h4,6-8H,1,5H2,2-3H3;3-4H,1-2H3/t7-;/m1./s1. The van der Waals surface area contributed by atoms with Gasteiger partial charge in [-0.2, -0.15) is 0 Å². The minimum Gasteiger partial charge on any atom is -0.393 e. The highest BCUT2D eigenvalue weighted by Crippen LogP contribution is 2.04. The molecule has 0 aliphatic heterocycles. The minimum atomic E-state index is -0.201. The molecule has 0 radical (unpaired) electrons. The molecule has 0 heterocycles. The Balaban J connectivity index is 0. The fourth-order valence-electron chi connectivity index (χ4n) is 0.443. The van der Waals surface area contributed by atoms with E-state index in [1.54, 1.807) is 6.08 Å². The van der Waals surface area contributed by atoms with E-state index in [1.807, 2.05) is 27.7 Å². The van der Waals surface area contributed by atoms with Crippen LogP contribution in [0.1, 0.15) is 34.1 Å². The molecule has 0 aromatic heterocycles. The Bertz CT molecular complexity index is 128. The van der Waals surface area contributed by atoms with Crippen LogP contribution in [0.3, 0.4) is 0 Å².